The Morgan fingerprint density at radius 1 is 1.06 bits per heavy atom. The molecule has 0 aromatic carbocycles. The standard InChI is InChI=1S/C12H16N4/c1-9-8-12(15-5-3-4-6-15)16-11(13-9)7-10(2)14-16/h7-8H,3-6H2,1-2H3. The van der Waals surface area contributed by atoms with Gasteiger partial charge in [0.1, 0.15) is 5.82 Å². The molecule has 0 spiro atoms. The Hall–Kier alpha value is -1.58. The summed E-state index contributed by atoms with van der Waals surface area (Å²) in [5.41, 5.74) is 3.05. The number of rotatable bonds is 1. The SMILES string of the molecule is Cc1cc(N2CCCC2)n2nc(C)cc2n1. The highest BCUT2D eigenvalue weighted by Crippen LogP contribution is 2.21. The smallest absolute Gasteiger partial charge is 0.157 e. The minimum Gasteiger partial charge on any atom is -0.356 e. The number of fused-ring (bicyclic) bond motifs is 1. The third kappa shape index (κ3) is 1.45. The maximum atomic E-state index is 4.51. The third-order valence-electron chi connectivity index (χ3n) is 3.09. The van der Waals surface area contributed by atoms with Crippen LogP contribution in [0.5, 0.6) is 0 Å². The van der Waals surface area contributed by atoms with E-state index in [9.17, 15) is 0 Å². The lowest BCUT2D eigenvalue weighted by Gasteiger charge is -2.18. The molecule has 1 aliphatic heterocycles. The van der Waals surface area contributed by atoms with Crippen LogP contribution in [-0.2, 0) is 0 Å². The molecule has 3 rings (SSSR count). The Morgan fingerprint density at radius 3 is 2.56 bits per heavy atom. The van der Waals surface area contributed by atoms with Gasteiger partial charge in [0.2, 0.25) is 0 Å². The van der Waals surface area contributed by atoms with Crippen molar-refractivity contribution in [2.24, 2.45) is 0 Å². The molecule has 0 radical (unpaired) electrons. The number of anilines is 1. The van der Waals surface area contributed by atoms with Gasteiger partial charge in [-0.1, -0.05) is 0 Å². The third-order valence-corrected chi connectivity index (χ3v) is 3.09. The van der Waals surface area contributed by atoms with E-state index in [1.807, 2.05) is 24.4 Å². The monoisotopic (exact) mass is 216 g/mol. The molecule has 0 atom stereocenters. The fourth-order valence-electron chi connectivity index (χ4n) is 2.37. The van der Waals surface area contributed by atoms with Gasteiger partial charge in [-0.05, 0) is 26.7 Å². The van der Waals surface area contributed by atoms with Gasteiger partial charge in [-0.15, -0.1) is 0 Å². The van der Waals surface area contributed by atoms with E-state index in [4.69, 9.17) is 0 Å². The molecule has 16 heavy (non-hydrogen) atoms. The number of nitrogens with zero attached hydrogens (tertiary/aromatic N) is 4. The molecule has 84 valence electrons. The highest BCUT2D eigenvalue weighted by molar-refractivity contribution is 5.52. The van der Waals surface area contributed by atoms with Gasteiger partial charge in [0, 0.05) is 30.9 Å². The fraction of sp³-hybridized carbons (Fsp3) is 0.500. The van der Waals surface area contributed by atoms with Crippen molar-refractivity contribution >= 4 is 11.5 Å². The number of aromatic nitrogens is 3. The summed E-state index contributed by atoms with van der Waals surface area (Å²) >= 11 is 0. The van der Waals surface area contributed by atoms with Gasteiger partial charge in [0.25, 0.3) is 0 Å². The van der Waals surface area contributed by atoms with E-state index < -0.39 is 0 Å². The highest BCUT2D eigenvalue weighted by atomic mass is 15.4. The lowest BCUT2D eigenvalue weighted by molar-refractivity contribution is 0.837. The van der Waals surface area contributed by atoms with Crippen LogP contribution in [0.4, 0.5) is 5.82 Å². The van der Waals surface area contributed by atoms with Crippen molar-refractivity contribution in [2.45, 2.75) is 26.7 Å². The number of aryl methyl sites for hydroxylation is 2. The number of hydrogen-bond acceptors (Lipinski definition) is 3. The van der Waals surface area contributed by atoms with Gasteiger partial charge in [0.05, 0.1) is 5.69 Å². The van der Waals surface area contributed by atoms with Crippen LogP contribution in [0.15, 0.2) is 12.1 Å². The van der Waals surface area contributed by atoms with Crippen molar-refractivity contribution in [2.75, 3.05) is 18.0 Å². The van der Waals surface area contributed by atoms with E-state index in [1.54, 1.807) is 0 Å². The van der Waals surface area contributed by atoms with Crippen molar-refractivity contribution in [3.8, 4) is 0 Å². The van der Waals surface area contributed by atoms with E-state index in [2.05, 4.69) is 21.0 Å². The summed E-state index contributed by atoms with van der Waals surface area (Å²) in [6.07, 6.45) is 2.56. The zero-order valence-corrected chi connectivity index (χ0v) is 9.77. The van der Waals surface area contributed by atoms with E-state index in [0.29, 0.717) is 0 Å². The van der Waals surface area contributed by atoms with Crippen LogP contribution in [0, 0.1) is 13.8 Å². The van der Waals surface area contributed by atoms with E-state index in [1.165, 1.54) is 18.7 Å². The first kappa shape index (κ1) is 9.63. The van der Waals surface area contributed by atoms with E-state index >= 15 is 0 Å². The second-order valence-electron chi connectivity index (χ2n) is 4.51. The van der Waals surface area contributed by atoms with Crippen LogP contribution in [0.2, 0.25) is 0 Å². The van der Waals surface area contributed by atoms with Crippen LogP contribution in [0.3, 0.4) is 0 Å². The average Bonchev–Trinajstić information content (AvgIpc) is 2.83. The molecular formula is C12H16N4. The summed E-state index contributed by atoms with van der Waals surface area (Å²) < 4.78 is 1.97. The second-order valence-corrected chi connectivity index (χ2v) is 4.51. The van der Waals surface area contributed by atoms with E-state index in [0.717, 1.165) is 30.1 Å². The maximum absolute atomic E-state index is 4.51. The van der Waals surface area contributed by atoms with Gasteiger partial charge in [-0.2, -0.15) is 9.61 Å². The molecule has 3 heterocycles. The molecule has 0 bridgehead atoms. The Kier molecular flexibility index (Phi) is 2.09. The van der Waals surface area contributed by atoms with Crippen molar-refractivity contribution in [1.29, 1.82) is 0 Å². The van der Waals surface area contributed by atoms with Gasteiger partial charge in [0.15, 0.2) is 5.65 Å². The Bertz CT molecular complexity index is 523. The van der Waals surface area contributed by atoms with Crippen LogP contribution in [0.1, 0.15) is 24.2 Å². The highest BCUT2D eigenvalue weighted by Gasteiger charge is 2.16. The quantitative estimate of drug-likeness (QED) is 0.730. The maximum Gasteiger partial charge on any atom is 0.157 e. The first-order valence-electron chi connectivity index (χ1n) is 5.83. The van der Waals surface area contributed by atoms with Crippen LogP contribution < -0.4 is 4.90 Å². The molecule has 1 aliphatic rings. The second kappa shape index (κ2) is 3.47. The normalized spacial score (nSPS) is 16.2. The van der Waals surface area contributed by atoms with Crippen molar-refractivity contribution in [3.05, 3.63) is 23.5 Å². The van der Waals surface area contributed by atoms with Crippen LogP contribution >= 0.6 is 0 Å². The molecule has 4 nitrogen and oxygen atoms in total. The first-order chi connectivity index (χ1) is 7.74. The van der Waals surface area contributed by atoms with Crippen molar-refractivity contribution < 1.29 is 0 Å². The summed E-state index contributed by atoms with van der Waals surface area (Å²) in [5.74, 6) is 1.19. The summed E-state index contributed by atoms with van der Waals surface area (Å²) in [4.78, 5) is 6.90. The fourth-order valence-corrected chi connectivity index (χ4v) is 2.37. The van der Waals surface area contributed by atoms with E-state index in [-0.39, 0.29) is 0 Å². The predicted molar refractivity (Wildman–Crippen MR) is 63.9 cm³/mol. The number of hydrogen-bond donors (Lipinski definition) is 0. The molecule has 1 saturated heterocycles. The molecule has 0 aliphatic carbocycles. The zero-order valence-electron chi connectivity index (χ0n) is 9.77. The van der Waals surface area contributed by atoms with Crippen LogP contribution in [0.25, 0.3) is 5.65 Å². The minimum atomic E-state index is 0.958. The molecule has 0 amide bonds. The lowest BCUT2D eigenvalue weighted by atomic mass is 10.4. The molecule has 0 unspecified atom stereocenters. The molecule has 2 aromatic heterocycles. The zero-order chi connectivity index (χ0) is 11.1. The van der Waals surface area contributed by atoms with Crippen molar-refractivity contribution in [3.63, 3.8) is 0 Å². The average molecular weight is 216 g/mol. The Morgan fingerprint density at radius 2 is 1.81 bits per heavy atom. The van der Waals surface area contributed by atoms with Gasteiger partial charge in [-0.25, -0.2) is 4.98 Å². The van der Waals surface area contributed by atoms with Crippen molar-refractivity contribution in [1.82, 2.24) is 14.6 Å². The molecule has 2 aromatic rings. The lowest BCUT2D eigenvalue weighted by Crippen LogP contribution is -2.21. The summed E-state index contributed by atoms with van der Waals surface area (Å²) in [7, 11) is 0. The Labute approximate surface area is 94.9 Å². The van der Waals surface area contributed by atoms with Gasteiger partial charge < -0.3 is 4.90 Å². The summed E-state index contributed by atoms with van der Waals surface area (Å²) in [5, 5.41) is 4.51. The molecule has 1 fully saturated rings. The topological polar surface area (TPSA) is 33.4 Å². The predicted octanol–water partition coefficient (Wildman–Crippen LogP) is 1.95. The van der Waals surface area contributed by atoms with Crippen LogP contribution in [-0.4, -0.2) is 27.7 Å². The van der Waals surface area contributed by atoms with Gasteiger partial charge in [-0.3, -0.25) is 0 Å². The summed E-state index contributed by atoms with van der Waals surface area (Å²) in [6.45, 7) is 6.33. The summed E-state index contributed by atoms with van der Waals surface area (Å²) in [6, 6.07) is 4.16. The molecule has 0 N–H and O–H groups in total. The molecule has 4 heteroatoms. The molecular weight excluding hydrogens is 200 g/mol. The minimum absolute atomic E-state index is 0.958. The Balaban J connectivity index is 2.20. The van der Waals surface area contributed by atoms with Gasteiger partial charge >= 0.3 is 0 Å². The molecule has 0 saturated carbocycles. The largest absolute Gasteiger partial charge is 0.356 e. The first-order valence-corrected chi connectivity index (χ1v) is 5.83.